The number of carbonyl (C=O) groups is 1. The van der Waals surface area contributed by atoms with Crippen LogP contribution in [0.2, 0.25) is 18.1 Å². The van der Waals surface area contributed by atoms with Gasteiger partial charge in [-0.15, -0.1) is 23.7 Å². The highest BCUT2D eigenvalue weighted by Crippen LogP contribution is 2.40. The number of nitrogens with zero attached hydrogens (tertiary/aromatic N) is 1. The molecule has 1 aromatic rings. The molecule has 1 aliphatic rings. The number of halogens is 1. The zero-order valence-electron chi connectivity index (χ0n) is 30.5. The summed E-state index contributed by atoms with van der Waals surface area (Å²) in [5.41, 5.74) is 0.930. The van der Waals surface area contributed by atoms with Crippen LogP contribution in [0.5, 0.6) is 0 Å². The van der Waals surface area contributed by atoms with Gasteiger partial charge in [-0.25, -0.2) is 9.37 Å². The number of hydrogen-bond acceptors (Lipinski definition) is 7. The zero-order chi connectivity index (χ0) is 35.1. The number of aryl methyl sites for hydroxylation is 1. The third-order valence-electron chi connectivity index (χ3n) is 9.75. The zero-order valence-corrected chi connectivity index (χ0v) is 32.3. The summed E-state index contributed by atoms with van der Waals surface area (Å²) in [5, 5.41) is 14.1. The number of terminal acetylenes is 1. The van der Waals surface area contributed by atoms with Crippen LogP contribution >= 0.6 is 11.3 Å². The van der Waals surface area contributed by atoms with Crippen LogP contribution in [-0.4, -0.2) is 54.9 Å². The number of aliphatic hydroxyl groups is 1. The Morgan fingerprint density at radius 2 is 1.98 bits per heavy atom. The second-order valence-electron chi connectivity index (χ2n) is 15.6. The standard InChI is InChI=1S/C37H60FNO5SSi/c1-14-16-29(34(41)36(8,9)32-21-22-42-37(10,11)43-32)33(40)26(3)18-15-17-25(2)19-20-31(44-46(12,13)35(5,6)7)30(38)23-28-24-45-27(4)39-28/h1,19,23-24,26,29,31-33,40H,15-18,20-22H2,2-13H3. The molecular weight excluding hydrogens is 618 g/mol. The van der Waals surface area contributed by atoms with Gasteiger partial charge in [0.2, 0.25) is 0 Å². The van der Waals surface area contributed by atoms with Crippen LogP contribution in [-0.2, 0) is 18.7 Å². The minimum Gasteiger partial charge on any atom is -0.407 e. The normalized spacial score (nSPS) is 20.9. The fraction of sp³-hybridized carbons (Fsp3) is 0.730. The van der Waals surface area contributed by atoms with E-state index in [1.165, 1.54) is 17.4 Å². The van der Waals surface area contributed by atoms with Crippen molar-refractivity contribution in [1.82, 2.24) is 4.98 Å². The number of allylic oxidation sites excluding steroid dienone is 1. The van der Waals surface area contributed by atoms with Crippen molar-refractivity contribution >= 4 is 31.5 Å². The fourth-order valence-electron chi connectivity index (χ4n) is 5.60. The van der Waals surface area contributed by atoms with Crippen molar-refractivity contribution in [2.24, 2.45) is 17.3 Å². The first kappa shape index (κ1) is 40.5. The van der Waals surface area contributed by atoms with Gasteiger partial charge in [0.25, 0.3) is 0 Å². The lowest BCUT2D eigenvalue weighted by Gasteiger charge is -2.44. The second kappa shape index (κ2) is 16.6. The van der Waals surface area contributed by atoms with Gasteiger partial charge in [-0.05, 0) is 89.9 Å². The van der Waals surface area contributed by atoms with Crippen LogP contribution in [0, 0.1) is 36.5 Å². The first-order valence-corrected chi connectivity index (χ1v) is 20.5. The highest BCUT2D eigenvalue weighted by molar-refractivity contribution is 7.09. The average molecular weight is 678 g/mol. The smallest absolute Gasteiger partial charge is 0.193 e. The van der Waals surface area contributed by atoms with E-state index >= 15 is 4.39 Å². The number of aliphatic hydroxyl groups excluding tert-OH is 1. The van der Waals surface area contributed by atoms with Crippen LogP contribution in [0.4, 0.5) is 4.39 Å². The van der Waals surface area contributed by atoms with Gasteiger partial charge in [0, 0.05) is 11.8 Å². The van der Waals surface area contributed by atoms with E-state index in [0.29, 0.717) is 25.1 Å². The number of hydrogen-bond donors (Lipinski definition) is 1. The van der Waals surface area contributed by atoms with Crippen molar-refractivity contribution in [3.05, 3.63) is 33.6 Å². The molecule has 9 heteroatoms. The molecule has 5 unspecified atom stereocenters. The quantitative estimate of drug-likeness (QED) is 0.107. The molecule has 5 atom stereocenters. The minimum absolute atomic E-state index is 0.0548. The Labute approximate surface area is 283 Å². The number of rotatable bonds is 16. The molecule has 6 nitrogen and oxygen atoms in total. The van der Waals surface area contributed by atoms with E-state index in [0.717, 1.165) is 29.8 Å². The van der Waals surface area contributed by atoms with Gasteiger partial charge < -0.3 is 19.0 Å². The predicted molar refractivity (Wildman–Crippen MR) is 191 cm³/mol. The Hall–Kier alpha value is -1.67. The van der Waals surface area contributed by atoms with Crippen molar-refractivity contribution in [2.45, 2.75) is 150 Å². The van der Waals surface area contributed by atoms with Crippen LogP contribution < -0.4 is 0 Å². The number of ketones is 1. The molecule has 2 rings (SSSR count). The predicted octanol–water partition coefficient (Wildman–Crippen LogP) is 9.43. The number of aromatic nitrogens is 1. The van der Waals surface area contributed by atoms with Crippen LogP contribution in [0.1, 0.15) is 112 Å². The number of ether oxygens (including phenoxy) is 2. The largest absolute Gasteiger partial charge is 0.407 e. The van der Waals surface area contributed by atoms with E-state index in [1.807, 2.05) is 46.9 Å². The Morgan fingerprint density at radius 1 is 1.33 bits per heavy atom. The van der Waals surface area contributed by atoms with Crippen molar-refractivity contribution in [1.29, 1.82) is 0 Å². The lowest BCUT2D eigenvalue weighted by atomic mass is 9.71. The summed E-state index contributed by atoms with van der Waals surface area (Å²) in [7, 11) is -2.24. The molecule has 0 bridgehead atoms. The van der Waals surface area contributed by atoms with Crippen LogP contribution in [0.25, 0.3) is 6.08 Å². The first-order chi connectivity index (χ1) is 21.1. The molecule has 46 heavy (non-hydrogen) atoms. The van der Waals surface area contributed by atoms with Gasteiger partial charge in [-0.2, -0.15) is 0 Å². The van der Waals surface area contributed by atoms with Crippen LogP contribution in [0.3, 0.4) is 0 Å². The Bertz CT molecular complexity index is 1260. The van der Waals surface area contributed by atoms with Crippen molar-refractivity contribution in [3.63, 3.8) is 0 Å². The minimum atomic E-state index is -2.24. The third kappa shape index (κ3) is 11.5. The van der Waals surface area contributed by atoms with E-state index in [-0.39, 0.29) is 35.1 Å². The molecule has 1 fully saturated rings. The summed E-state index contributed by atoms with van der Waals surface area (Å²) in [6.07, 6.45) is 10.9. The highest BCUT2D eigenvalue weighted by Gasteiger charge is 2.47. The Kier molecular flexibility index (Phi) is 14.6. The summed E-state index contributed by atoms with van der Waals surface area (Å²) >= 11 is 1.50. The summed E-state index contributed by atoms with van der Waals surface area (Å²) in [5.74, 6) is 0.677. The lowest BCUT2D eigenvalue weighted by molar-refractivity contribution is -0.289. The third-order valence-corrected chi connectivity index (χ3v) is 15.0. The maximum Gasteiger partial charge on any atom is 0.193 e. The topological polar surface area (TPSA) is 77.9 Å². The van der Waals surface area contributed by atoms with Gasteiger partial charge in [-0.1, -0.05) is 53.2 Å². The fourth-order valence-corrected chi connectivity index (χ4v) is 7.44. The SMILES string of the molecule is C#CCC(C(=O)C(C)(C)C1CCOC(C)(C)O1)C(O)C(C)CCCC(C)=CCC(O[Si](C)(C)C(C)(C)C)C(F)=Cc1csc(C)n1. The lowest BCUT2D eigenvalue weighted by Crippen LogP contribution is -2.52. The van der Waals surface area contributed by atoms with E-state index in [9.17, 15) is 9.90 Å². The molecule has 1 aromatic heterocycles. The van der Waals surface area contributed by atoms with Crippen molar-refractivity contribution < 1.29 is 28.2 Å². The molecule has 0 aromatic carbocycles. The summed E-state index contributed by atoms with van der Waals surface area (Å²) in [6, 6.07) is 0. The molecular formula is C37H60FNO5SSi. The molecule has 1 N–H and O–H groups in total. The molecule has 0 amide bonds. The van der Waals surface area contributed by atoms with Gasteiger partial charge in [0.05, 0.1) is 40.8 Å². The molecule has 0 radical (unpaired) electrons. The maximum absolute atomic E-state index is 15.6. The van der Waals surface area contributed by atoms with E-state index in [2.05, 4.69) is 57.8 Å². The Balaban J connectivity index is 2.07. The van der Waals surface area contributed by atoms with E-state index in [4.69, 9.17) is 20.3 Å². The second-order valence-corrected chi connectivity index (χ2v) is 21.4. The Morgan fingerprint density at radius 3 is 2.52 bits per heavy atom. The van der Waals surface area contributed by atoms with Gasteiger partial charge in [0.1, 0.15) is 17.7 Å². The molecule has 2 heterocycles. The van der Waals surface area contributed by atoms with Crippen molar-refractivity contribution in [2.75, 3.05) is 6.61 Å². The van der Waals surface area contributed by atoms with Crippen molar-refractivity contribution in [3.8, 4) is 12.3 Å². The average Bonchev–Trinajstić information content (AvgIpc) is 3.35. The molecule has 0 aliphatic carbocycles. The summed E-state index contributed by atoms with van der Waals surface area (Å²) in [4.78, 5) is 18.2. The molecule has 260 valence electrons. The van der Waals surface area contributed by atoms with E-state index < -0.39 is 37.6 Å². The first-order valence-electron chi connectivity index (χ1n) is 16.7. The summed E-state index contributed by atoms with van der Waals surface area (Å²) in [6.45, 7) is 24.7. The highest BCUT2D eigenvalue weighted by atomic mass is 32.1. The van der Waals surface area contributed by atoms with Gasteiger partial charge in [-0.3, -0.25) is 4.79 Å². The number of Topliss-reactive ketones (excluding diaryl/α,β-unsaturated/α-hetero) is 1. The van der Waals surface area contributed by atoms with Gasteiger partial charge in [0.15, 0.2) is 14.1 Å². The summed E-state index contributed by atoms with van der Waals surface area (Å²) < 4.78 is 34.0. The molecule has 1 aliphatic heterocycles. The molecule has 0 saturated carbocycles. The number of thiazole rings is 1. The molecule has 0 spiro atoms. The van der Waals surface area contributed by atoms with E-state index in [1.54, 1.807) is 0 Å². The molecule has 1 saturated heterocycles. The van der Waals surface area contributed by atoms with Crippen LogP contribution in [0.15, 0.2) is 22.9 Å². The maximum atomic E-state index is 15.6. The number of carbonyl (C=O) groups excluding carboxylic acids is 1. The van der Waals surface area contributed by atoms with Gasteiger partial charge >= 0.3 is 0 Å². The monoisotopic (exact) mass is 677 g/mol.